The average Bonchev–Trinajstić information content (AvgIpc) is 2.86. The van der Waals surface area contributed by atoms with Crippen LogP contribution in [0.4, 0.5) is 10.2 Å². The molecule has 1 aromatic carbocycles. The first kappa shape index (κ1) is 16.1. The van der Waals surface area contributed by atoms with Crippen LogP contribution in [-0.2, 0) is 9.53 Å². The van der Waals surface area contributed by atoms with Crippen molar-refractivity contribution in [3.8, 4) is 5.69 Å². The lowest BCUT2D eigenvalue weighted by atomic mass is 10.2. The zero-order chi connectivity index (χ0) is 16.1. The summed E-state index contributed by atoms with van der Waals surface area (Å²) >= 11 is 0. The van der Waals surface area contributed by atoms with Crippen molar-refractivity contribution >= 4 is 11.7 Å². The number of rotatable bonds is 6. The molecule has 0 aliphatic heterocycles. The van der Waals surface area contributed by atoms with Gasteiger partial charge in [0.1, 0.15) is 11.6 Å². The number of methoxy groups -OCH3 is 1. The summed E-state index contributed by atoms with van der Waals surface area (Å²) in [5.74, 6) is -0.0364. The van der Waals surface area contributed by atoms with Gasteiger partial charge in [-0.1, -0.05) is 0 Å². The lowest BCUT2D eigenvalue weighted by molar-refractivity contribution is -0.118. The molecule has 0 radical (unpaired) electrons. The molecule has 0 saturated heterocycles. The summed E-state index contributed by atoms with van der Waals surface area (Å²) < 4.78 is 19.7. The minimum atomic E-state index is -0.330. The molecule has 1 aromatic heterocycles. The number of carbonyl (C=O) groups excluding carboxylic acids is 1. The number of nitrogens with one attached hydrogen (secondary N) is 1. The van der Waals surface area contributed by atoms with Crippen LogP contribution in [0.5, 0.6) is 0 Å². The molecule has 1 atom stereocenters. The maximum atomic E-state index is 13.0. The zero-order valence-corrected chi connectivity index (χ0v) is 12.5. The summed E-state index contributed by atoms with van der Waals surface area (Å²) in [4.78, 5) is 12.0. The second-order valence-corrected chi connectivity index (χ2v) is 4.90. The average molecular weight is 306 g/mol. The van der Waals surface area contributed by atoms with E-state index in [9.17, 15) is 9.18 Å². The third-order valence-electron chi connectivity index (χ3n) is 3.18. The molecule has 22 heavy (non-hydrogen) atoms. The molecule has 2 aromatic rings. The van der Waals surface area contributed by atoms with Crippen LogP contribution in [0.15, 0.2) is 30.3 Å². The normalized spacial score (nSPS) is 12.2. The third kappa shape index (κ3) is 3.90. The molecule has 0 spiro atoms. The fourth-order valence-electron chi connectivity index (χ4n) is 2.03. The Labute approximate surface area is 128 Å². The Morgan fingerprint density at radius 2 is 2.14 bits per heavy atom. The molecule has 0 fully saturated rings. The van der Waals surface area contributed by atoms with Crippen molar-refractivity contribution in [2.24, 2.45) is 5.73 Å². The maximum Gasteiger partial charge on any atom is 0.228 e. The molecule has 1 heterocycles. The van der Waals surface area contributed by atoms with Crippen molar-refractivity contribution < 1.29 is 13.9 Å². The van der Waals surface area contributed by atoms with Gasteiger partial charge in [-0.05, 0) is 31.2 Å². The highest BCUT2D eigenvalue weighted by atomic mass is 19.1. The molecule has 0 saturated carbocycles. The van der Waals surface area contributed by atoms with Crippen molar-refractivity contribution in [2.45, 2.75) is 19.4 Å². The van der Waals surface area contributed by atoms with Crippen LogP contribution in [-0.4, -0.2) is 35.4 Å². The number of hydrogen-bond donors (Lipinski definition) is 2. The number of carbonyl (C=O) groups is 1. The third-order valence-corrected chi connectivity index (χ3v) is 3.18. The second-order valence-electron chi connectivity index (χ2n) is 4.90. The molecule has 1 unspecified atom stereocenters. The number of nitrogens with two attached hydrogens (primary N) is 1. The van der Waals surface area contributed by atoms with Crippen LogP contribution in [0.2, 0.25) is 0 Å². The van der Waals surface area contributed by atoms with Gasteiger partial charge in [-0.3, -0.25) is 4.79 Å². The van der Waals surface area contributed by atoms with Gasteiger partial charge in [0, 0.05) is 19.7 Å². The summed E-state index contributed by atoms with van der Waals surface area (Å²) in [5, 5.41) is 7.08. The van der Waals surface area contributed by atoms with Gasteiger partial charge >= 0.3 is 0 Å². The number of hydrogen-bond acceptors (Lipinski definition) is 4. The Hall–Kier alpha value is -2.25. The Morgan fingerprint density at radius 1 is 1.45 bits per heavy atom. The summed E-state index contributed by atoms with van der Waals surface area (Å²) in [6.07, 6.45) is -0.177. The predicted octanol–water partition coefficient (Wildman–Crippen LogP) is 1.62. The fraction of sp³-hybridized carbons (Fsp3) is 0.333. The molecule has 3 N–H and O–H groups in total. The van der Waals surface area contributed by atoms with E-state index in [0.29, 0.717) is 11.5 Å². The van der Waals surface area contributed by atoms with Gasteiger partial charge in [-0.2, -0.15) is 5.10 Å². The number of ether oxygens (including phenoxy) is 1. The van der Waals surface area contributed by atoms with Crippen molar-refractivity contribution in [3.63, 3.8) is 0 Å². The Bertz CT molecular complexity index is 635. The van der Waals surface area contributed by atoms with E-state index in [1.165, 1.54) is 19.2 Å². The van der Waals surface area contributed by atoms with E-state index in [4.69, 9.17) is 10.5 Å². The number of anilines is 1. The number of amides is 1. The van der Waals surface area contributed by atoms with Crippen molar-refractivity contribution in [1.29, 1.82) is 0 Å². The van der Waals surface area contributed by atoms with Crippen LogP contribution in [0.25, 0.3) is 5.69 Å². The highest BCUT2D eigenvalue weighted by Gasteiger charge is 2.15. The van der Waals surface area contributed by atoms with E-state index in [-0.39, 0.29) is 30.8 Å². The monoisotopic (exact) mass is 306 g/mol. The first-order valence-corrected chi connectivity index (χ1v) is 6.88. The van der Waals surface area contributed by atoms with Crippen LogP contribution < -0.4 is 11.1 Å². The number of halogens is 1. The smallest absolute Gasteiger partial charge is 0.228 e. The number of benzene rings is 1. The number of nitrogens with zero attached hydrogens (tertiary/aromatic N) is 2. The van der Waals surface area contributed by atoms with Gasteiger partial charge in [0.05, 0.1) is 23.9 Å². The first-order valence-electron chi connectivity index (χ1n) is 6.88. The Balaban J connectivity index is 2.18. The standard InChI is InChI=1S/C15H19FN4O2/c1-10-7-14(18-15(21)8-13(9-17)22-2)20(19-10)12-5-3-11(16)4-6-12/h3-7,13H,8-9,17H2,1-2H3,(H,18,21). The van der Waals surface area contributed by atoms with E-state index >= 15 is 0 Å². The van der Waals surface area contributed by atoms with Crippen LogP contribution >= 0.6 is 0 Å². The summed E-state index contributed by atoms with van der Waals surface area (Å²) in [6, 6.07) is 7.61. The van der Waals surface area contributed by atoms with Gasteiger partial charge < -0.3 is 15.8 Å². The van der Waals surface area contributed by atoms with Gasteiger partial charge in [0.2, 0.25) is 5.91 Å². The predicted molar refractivity (Wildman–Crippen MR) is 81.4 cm³/mol. The lowest BCUT2D eigenvalue weighted by Gasteiger charge is -2.13. The van der Waals surface area contributed by atoms with E-state index in [1.807, 2.05) is 6.92 Å². The van der Waals surface area contributed by atoms with Crippen molar-refractivity contribution in [1.82, 2.24) is 9.78 Å². The van der Waals surface area contributed by atoms with Crippen molar-refractivity contribution in [2.75, 3.05) is 19.0 Å². The van der Waals surface area contributed by atoms with Gasteiger partial charge in [-0.15, -0.1) is 0 Å². The maximum absolute atomic E-state index is 13.0. The summed E-state index contributed by atoms with van der Waals surface area (Å²) in [6.45, 7) is 2.08. The van der Waals surface area contributed by atoms with E-state index in [2.05, 4.69) is 10.4 Å². The molecule has 1 amide bonds. The highest BCUT2D eigenvalue weighted by molar-refractivity contribution is 5.90. The fourth-order valence-corrected chi connectivity index (χ4v) is 2.03. The molecule has 2 rings (SSSR count). The molecular weight excluding hydrogens is 287 g/mol. The second kappa shape index (κ2) is 7.15. The minimum absolute atomic E-state index is 0.153. The SMILES string of the molecule is COC(CN)CC(=O)Nc1cc(C)nn1-c1ccc(F)cc1. The number of aryl methyl sites for hydroxylation is 1. The van der Waals surface area contributed by atoms with E-state index in [1.54, 1.807) is 22.9 Å². The minimum Gasteiger partial charge on any atom is -0.380 e. The summed E-state index contributed by atoms with van der Waals surface area (Å²) in [7, 11) is 1.51. The molecule has 118 valence electrons. The van der Waals surface area contributed by atoms with Crippen molar-refractivity contribution in [3.05, 3.63) is 41.8 Å². The van der Waals surface area contributed by atoms with Gasteiger partial charge in [-0.25, -0.2) is 9.07 Å². The number of aromatic nitrogens is 2. The van der Waals surface area contributed by atoms with Gasteiger partial charge in [0.25, 0.3) is 0 Å². The summed E-state index contributed by atoms with van der Waals surface area (Å²) in [5.41, 5.74) is 6.90. The Morgan fingerprint density at radius 3 is 2.73 bits per heavy atom. The molecule has 7 heteroatoms. The molecule has 0 aliphatic carbocycles. The highest BCUT2D eigenvalue weighted by Crippen LogP contribution is 2.18. The largest absolute Gasteiger partial charge is 0.380 e. The Kier molecular flexibility index (Phi) is 5.24. The van der Waals surface area contributed by atoms with Crippen LogP contribution in [0, 0.1) is 12.7 Å². The molecule has 0 bridgehead atoms. The molecular formula is C15H19FN4O2. The lowest BCUT2D eigenvalue weighted by Crippen LogP contribution is -2.28. The topological polar surface area (TPSA) is 82.2 Å². The van der Waals surface area contributed by atoms with Crippen LogP contribution in [0.1, 0.15) is 12.1 Å². The van der Waals surface area contributed by atoms with E-state index < -0.39 is 0 Å². The zero-order valence-electron chi connectivity index (χ0n) is 12.5. The molecule has 6 nitrogen and oxygen atoms in total. The quantitative estimate of drug-likeness (QED) is 0.849. The first-order chi connectivity index (χ1) is 10.5. The van der Waals surface area contributed by atoms with E-state index in [0.717, 1.165) is 5.69 Å². The molecule has 0 aliphatic rings. The van der Waals surface area contributed by atoms with Crippen LogP contribution in [0.3, 0.4) is 0 Å². The van der Waals surface area contributed by atoms with Gasteiger partial charge in [0.15, 0.2) is 0 Å².